The maximum atomic E-state index is 12.7. The van der Waals surface area contributed by atoms with Gasteiger partial charge in [-0.2, -0.15) is 13.2 Å². The second-order valence-corrected chi connectivity index (χ2v) is 4.35. The molecule has 0 aliphatic carbocycles. The molecule has 18 heavy (non-hydrogen) atoms. The second-order valence-electron chi connectivity index (χ2n) is 3.50. The zero-order valence-electron chi connectivity index (χ0n) is 8.79. The van der Waals surface area contributed by atoms with Crippen LogP contribution in [0, 0.1) is 0 Å². The number of halogens is 4. The van der Waals surface area contributed by atoms with Gasteiger partial charge in [0.25, 0.3) is 0 Å². The SMILES string of the molecule is O=C(c1ccc(Br)c(C(F)(F)F)c1)c1ccco1. The van der Waals surface area contributed by atoms with Gasteiger partial charge in [0.05, 0.1) is 11.8 Å². The molecule has 1 aromatic heterocycles. The molecule has 0 atom stereocenters. The Kier molecular flexibility index (Phi) is 3.30. The fourth-order valence-corrected chi connectivity index (χ4v) is 1.91. The fourth-order valence-electron chi connectivity index (χ4n) is 1.43. The molecular weight excluding hydrogens is 313 g/mol. The minimum atomic E-state index is -4.52. The first-order chi connectivity index (χ1) is 8.39. The van der Waals surface area contributed by atoms with E-state index in [1.165, 1.54) is 30.5 Å². The Morgan fingerprint density at radius 2 is 1.94 bits per heavy atom. The van der Waals surface area contributed by atoms with E-state index in [1.54, 1.807) is 0 Å². The number of furan rings is 1. The van der Waals surface area contributed by atoms with Crippen molar-refractivity contribution in [1.29, 1.82) is 0 Å². The highest BCUT2D eigenvalue weighted by Crippen LogP contribution is 2.35. The summed E-state index contributed by atoms with van der Waals surface area (Å²) in [5, 5.41) is 0. The standard InChI is InChI=1S/C12H6BrF3O2/c13-9-4-3-7(6-8(9)12(14,15)16)11(17)10-2-1-5-18-10/h1-6H. The van der Waals surface area contributed by atoms with E-state index in [0.29, 0.717) is 0 Å². The predicted octanol–water partition coefficient (Wildman–Crippen LogP) is 4.29. The average molecular weight is 319 g/mol. The Hall–Kier alpha value is -1.56. The Balaban J connectivity index is 2.45. The monoisotopic (exact) mass is 318 g/mol. The van der Waals surface area contributed by atoms with Crippen LogP contribution in [0.1, 0.15) is 21.7 Å². The summed E-state index contributed by atoms with van der Waals surface area (Å²) in [4.78, 5) is 11.8. The molecule has 0 spiro atoms. The minimum Gasteiger partial charge on any atom is -0.461 e. The van der Waals surface area contributed by atoms with E-state index in [9.17, 15) is 18.0 Å². The van der Waals surface area contributed by atoms with Gasteiger partial charge in [0.1, 0.15) is 0 Å². The van der Waals surface area contributed by atoms with Crippen molar-refractivity contribution in [2.75, 3.05) is 0 Å². The van der Waals surface area contributed by atoms with Crippen molar-refractivity contribution in [3.8, 4) is 0 Å². The summed E-state index contributed by atoms with van der Waals surface area (Å²) in [6.45, 7) is 0. The maximum absolute atomic E-state index is 12.7. The lowest BCUT2D eigenvalue weighted by molar-refractivity contribution is -0.138. The van der Waals surface area contributed by atoms with Gasteiger partial charge in [0.15, 0.2) is 5.76 Å². The summed E-state index contributed by atoms with van der Waals surface area (Å²) in [6, 6.07) is 6.20. The molecule has 0 saturated carbocycles. The molecule has 0 fully saturated rings. The van der Waals surface area contributed by atoms with Gasteiger partial charge in [0, 0.05) is 10.0 Å². The third kappa shape index (κ3) is 2.48. The second kappa shape index (κ2) is 4.61. The fraction of sp³-hybridized carbons (Fsp3) is 0.0833. The van der Waals surface area contributed by atoms with Crippen LogP contribution in [0.25, 0.3) is 0 Å². The number of hydrogen-bond acceptors (Lipinski definition) is 2. The molecule has 1 heterocycles. The number of ketones is 1. The topological polar surface area (TPSA) is 30.2 Å². The average Bonchev–Trinajstić information content (AvgIpc) is 2.80. The molecule has 0 radical (unpaired) electrons. The van der Waals surface area contributed by atoms with Crippen LogP contribution in [0.15, 0.2) is 45.5 Å². The van der Waals surface area contributed by atoms with Crippen LogP contribution in [0.5, 0.6) is 0 Å². The molecule has 2 aromatic rings. The van der Waals surface area contributed by atoms with Gasteiger partial charge in [-0.05, 0) is 30.3 Å². The van der Waals surface area contributed by atoms with Crippen LogP contribution in [-0.2, 0) is 6.18 Å². The van der Waals surface area contributed by atoms with Gasteiger partial charge < -0.3 is 4.42 Å². The van der Waals surface area contributed by atoms with Gasteiger partial charge in [0.2, 0.25) is 5.78 Å². The summed E-state index contributed by atoms with van der Waals surface area (Å²) in [5.74, 6) is -0.580. The number of rotatable bonds is 2. The number of benzene rings is 1. The van der Waals surface area contributed by atoms with Crippen LogP contribution in [-0.4, -0.2) is 5.78 Å². The zero-order chi connectivity index (χ0) is 13.3. The normalized spacial score (nSPS) is 11.6. The molecule has 2 nitrogen and oxygen atoms in total. The van der Waals surface area contributed by atoms with E-state index < -0.39 is 17.5 Å². The van der Waals surface area contributed by atoms with Crippen molar-refractivity contribution in [3.05, 3.63) is 58.0 Å². The molecule has 0 aliphatic heterocycles. The van der Waals surface area contributed by atoms with E-state index >= 15 is 0 Å². The Bertz CT molecular complexity index is 574. The smallest absolute Gasteiger partial charge is 0.417 e. The molecule has 0 bridgehead atoms. The molecule has 94 valence electrons. The highest BCUT2D eigenvalue weighted by Gasteiger charge is 2.33. The molecule has 0 amide bonds. The Morgan fingerprint density at radius 3 is 2.50 bits per heavy atom. The minimum absolute atomic E-state index is 0.00504. The Labute approximate surface area is 109 Å². The highest BCUT2D eigenvalue weighted by molar-refractivity contribution is 9.10. The lowest BCUT2D eigenvalue weighted by Crippen LogP contribution is -2.09. The van der Waals surface area contributed by atoms with Gasteiger partial charge in [-0.1, -0.05) is 15.9 Å². The van der Waals surface area contributed by atoms with Gasteiger partial charge >= 0.3 is 6.18 Å². The number of carbonyl (C=O) groups excluding carboxylic acids is 1. The van der Waals surface area contributed by atoms with Gasteiger partial charge in [-0.15, -0.1) is 0 Å². The van der Waals surface area contributed by atoms with Crippen molar-refractivity contribution < 1.29 is 22.4 Å². The third-order valence-electron chi connectivity index (χ3n) is 2.28. The number of alkyl halides is 3. The predicted molar refractivity (Wildman–Crippen MR) is 61.3 cm³/mol. The van der Waals surface area contributed by atoms with Crippen molar-refractivity contribution >= 4 is 21.7 Å². The van der Waals surface area contributed by atoms with Crippen molar-refractivity contribution in [2.24, 2.45) is 0 Å². The number of hydrogen-bond donors (Lipinski definition) is 0. The highest BCUT2D eigenvalue weighted by atomic mass is 79.9. The van der Waals surface area contributed by atoms with Crippen LogP contribution in [0.4, 0.5) is 13.2 Å². The first-order valence-electron chi connectivity index (χ1n) is 4.84. The first-order valence-corrected chi connectivity index (χ1v) is 5.64. The molecule has 0 unspecified atom stereocenters. The first kappa shape index (κ1) is 12.9. The summed E-state index contributed by atoms with van der Waals surface area (Å²) < 4.78 is 42.8. The van der Waals surface area contributed by atoms with Gasteiger partial charge in [-0.3, -0.25) is 4.79 Å². The molecular formula is C12H6BrF3O2. The van der Waals surface area contributed by atoms with Crippen molar-refractivity contribution in [3.63, 3.8) is 0 Å². The summed E-state index contributed by atoms with van der Waals surface area (Å²) in [6.07, 6.45) is -3.23. The van der Waals surface area contributed by atoms with E-state index in [2.05, 4.69) is 15.9 Å². The molecule has 1 aromatic carbocycles. The quantitative estimate of drug-likeness (QED) is 0.773. The Morgan fingerprint density at radius 1 is 1.22 bits per heavy atom. The van der Waals surface area contributed by atoms with Gasteiger partial charge in [-0.25, -0.2) is 0 Å². The van der Waals surface area contributed by atoms with E-state index in [-0.39, 0.29) is 15.8 Å². The van der Waals surface area contributed by atoms with Crippen LogP contribution < -0.4 is 0 Å². The van der Waals surface area contributed by atoms with E-state index in [1.807, 2.05) is 0 Å². The molecule has 2 rings (SSSR count). The molecule has 0 N–H and O–H groups in total. The lowest BCUT2D eigenvalue weighted by atomic mass is 10.1. The largest absolute Gasteiger partial charge is 0.461 e. The summed E-state index contributed by atoms with van der Waals surface area (Å²) >= 11 is 2.81. The molecule has 6 heteroatoms. The van der Waals surface area contributed by atoms with Crippen molar-refractivity contribution in [1.82, 2.24) is 0 Å². The lowest BCUT2D eigenvalue weighted by Gasteiger charge is -2.10. The maximum Gasteiger partial charge on any atom is 0.417 e. The molecule has 0 saturated heterocycles. The molecule has 0 aliphatic rings. The van der Waals surface area contributed by atoms with E-state index in [0.717, 1.165) is 6.07 Å². The van der Waals surface area contributed by atoms with Crippen molar-refractivity contribution in [2.45, 2.75) is 6.18 Å². The zero-order valence-corrected chi connectivity index (χ0v) is 10.4. The number of carbonyl (C=O) groups is 1. The summed E-state index contributed by atoms with van der Waals surface area (Å²) in [7, 11) is 0. The van der Waals surface area contributed by atoms with Crippen LogP contribution in [0.3, 0.4) is 0 Å². The summed E-state index contributed by atoms with van der Waals surface area (Å²) in [5.41, 5.74) is -0.958. The van der Waals surface area contributed by atoms with Crippen LogP contribution >= 0.6 is 15.9 Å². The van der Waals surface area contributed by atoms with Crippen LogP contribution in [0.2, 0.25) is 0 Å². The third-order valence-corrected chi connectivity index (χ3v) is 2.97. The van der Waals surface area contributed by atoms with E-state index in [4.69, 9.17) is 4.42 Å².